The van der Waals surface area contributed by atoms with Gasteiger partial charge in [-0.25, -0.2) is 0 Å². The fraction of sp³-hybridized carbons (Fsp3) is 0.150. The number of amides is 2. The van der Waals surface area contributed by atoms with Crippen LogP contribution in [-0.4, -0.2) is 32.1 Å². The molecule has 2 rings (SSSR count). The van der Waals surface area contributed by atoms with Gasteiger partial charge in [-0.1, -0.05) is 12.1 Å². The number of carbonyl (C=O) groups excluding carboxylic acids is 2. The first-order valence-electron chi connectivity index (χ1n) is 8.20. The molecule has 8 heteroatoms. The third kappa shape index (κ3) is 6.38. The number of ether oxygens (including phenoxy) is 3. The fourth-order valence-corrected chi connectivity index (χ4v) is 2.19. The molecule has 144 valence electrons. The van der Waals surface area contributed by atoms with E-state index >= 15 is 0 Å². The van der Waals surface area contributed by atoms with E-state index < -0.39 is 5.91 Å². The minimum Gasteiger partial charge on any atom is -0.493 e. The van der Waals surface area contributed by atoms with Crippen molar-refractivity contribution in [3.05, 3.63) is 54.1 Å². The van der Waals surface area contributed by atoms with Crippen LogP contribution in [0.2, 0.25) is 0 Å². The number of nitrogens with two attached hydrogens (primary N) is 1. The Kier molecular flexibility index (Phi) is 7.43. The number of hydrogen-bond acceptors (Lipinski definition) is 6. The number of anilines is 1. The highest BCUT2D eigenvalue weighted by molar-refractivity contribution is 6.02. The molecule has 0 aromatic heterocycles. The number of methoxy groups -OCH3 is 1. The van der Waals surface area contributed by atoms with Gasteiger partial charge < -0.3 is 25.3 Å². The zero-order chi connectivity index (χ0) is 20.4. The summed E-state index contributed by atoms with van der Waals surface area (Å²) in [5.41, 5.74) is 6.30. The molecule has 3 N–H and O–H groups in total. The molecule has 8 nitrogen and oxygen atoms in total. The van der Waals surface area contributed by atoms with Gasteiger partial charge in [-0.2, -0.15) is 5.26 Å². The van der Waals surface area contributed by atoms with E-state index in [1.807, 2.05) is 6.07 Å². The van der Waals surface area contributed by atoms with Crippen molar-refractivity contribution in [3.63, 3.8) is 0 Å². The van der Waals surface area contributed by atoms with Gasteiger partial charge in [0, 0.05) is 17.8 Å². The van der Waals surface area contributed by atoms with Crippen molar-refractivity contribution in [2.24, 2.45) is 5.73 Å². The van der Waals surface area contributed by atoms with E-state index in [2.05, 4.69) is 5.32 Å². The molecular formula is C20H19N3O5. The average Bonchev–Trinajstić information content (AvgIpc) is 2.69. The molecule has 0 radical (unpaired) electrons. The second kappa shape index (κ2) is 10.2. The summed E-state index contributed by atoms with van der Waals surface area (Å²) in [6.07, 6.45) is 2.97. The molecule has 0 spiro atoms. The number of nitrogens with zero attached hydrogens (tertiary/aromatic N) is 1. The van der Waals surface area contributed by atoms with E-state index in [-0.39, 0.29) is 19.1 Å². The highest BCUT2D eigenvalue weighted by atomic mass is 16.5. The Morgan fingerprint density at radius 2 is 2.00 bits per heavy atom. The molecule has 0 aliphatic rings. The van der Waals surface area contributed by atoms with Crippen molar-refractivity contribution in [2.75, 3.05) is 25.6 Å². The topological polar surface area (TPSA) is 124 Å². The first-order chi connectivity index (χ1) is 13.5. The first-order valence-corrected chi connectivity index (χ1v) is 8.20. The Hall–Kier alpha value is -3.99. The van der Waals surface area contributed by atoms with Gasteiger partial charge in [-0.05, 0) is 35.9 Å². The third-order valence-corrected chi connectivity index (χ3v) is 3.39. The van der Waals surface area contributed by atoms with Crippen LogP contribution in [0.3, 0.4) is 0 Å². The number of nitriles is 1. The second-order valence-corrected chi connectivity index (χ2v) is 5.46. The molecule has 0 heterocycles. The maximum absolute atomic E-state index is 12.1. The van der Waals surface area contributed by atoms with Crippen molar-refractivity contribution in [3.8, 4) is 23.3 Å². The molecular weight excluding hydrogens is 362 g/mol. The molecule has 0 bridgehead atoms. The maximum Gasteiger partial charge on any atom is 0.255 e. The van der Waals surface area contributed by atoms with Crippen molar-refractivity contribution in [1.29, 1.82) is 5.26 Å². The van der Waals surface area contributed by atoms with Gasteiger partial charge in [-0.15, -0.1) is 0 Å². The summed E-state index contributed by atoms with van der Waals surface area (Å²) in [5.74, 6) is 0.332. The predicted octanol–water partition coefficient (Wildman–Crippen LogP) is 2.11. The average molecular weight is 381 g/mol. The summed E-state index contributed by atoms with van der Waals surface area (Å²) < 4.78 is 15.7. The summed E-state index contributed by atoms with van der Waals surface area (Å²) in [5, 5.41) is 11.2. The number of hydrogen-bond donors (Lipinski definition) is 2. The first kappa shape index (κ1) is 20.3. The van der Waals surface area contributed by atoms with Gasteiger partial charge in [0.25, 0.3) is 5.91 Å². The normalized spacial score (nSPS) is 10.1. The monoisotopic (exact) mass is 381 g/mol. The lowest BCUT2D eigenvalue weighted by Gasteiger charge is -2.10. The Bertz CT molecular complexity index is 918. The van der Waals surface area contributed by atoms with Crippen molar-refractivity contribution in [1.82, 2.24) is 0 Å². The van der Waals surface area contributed by atoms with Crippen LogP contribution < -0.4 is 25.3 Å². The lowest BCUT2D eigenvalue weighted by Crippen LogP contribution is -2.20. The van der Waals surface area contributed by atoms with Crippen LogP contribution >= 0.6 is 0 Å². The van der Waals surface area contributed by atoms with Gasteiger partial charge in [0.05, 0.1) is 7.11 Å². The Balaban J connectivity index is 2.01. The van der Waals surface area contributed by atoms with E-state index in [0.717, 1.165) is 0 Å². The van der Waals surface area contributed by atoms with E-state index in [1.165, 1.54) is 13.2 Å². The van der Waals surface area contributed by atoms with Gasteiger partial charge in [0.1, 0.15) is 11.8 Å². The van der Waals surface area contributed by atoms with Gasteiger partial charge >= 0.3 is 0 Å². The van der Waals surface area contributed by atoms with Gasteiger partial charge in [-0.3, -0.25) is 9.59 Å². The van der Waals surface area contributed by atoms with Gasteiger partial charge in [0.15, 0.2) is 24.7 Å². The summed E-state index contributed by atoms with van der Waals surface area (Å²) in [6.45, 7) is -0.330. The summed E-state index contributed by atoms with van der Waals surface area (Å²) in [7, 11) is 1.47. The van der Waals surface area contributed by atoms with Crippen LogP contribution in [-0.2, 0) is 9.59 Å². The minimum absolute atomic E-state index is 0.0711. The smallest absolute Gasteiger partial charge is 0.255 e. The highest BCUT2D eigenvalue weighted by Crippen LogP contribution is 2.28. The molecule has 0 unspecified atom stereocenters. The minimum atomic E-state index is -0.593. The molecule has 28 heavy (non-hydrogen) atoms. The van der Waals surface area contributed by atoms with E-state index in [4.69, 9.17) is 25.2 Å². The number of primary amides is 1. The van der Waals surface area contributed by atoms with E-state index in [9.17, 15) is 9.59 Å². The molecule has 2 aromatic rings. The van der Waals surface area contributed by atoms with Crippen LogP contribution in [0.25, 0.3) is 6.08 Å². The molecule has 0 fully saturated rings. The quantitative estimate of drug-likeness (QED) is 0.641. The number of nitrogens with one attached hydrogen (secondary N) is 1. The molecule has 0 saturated heterocycles. The molecule has 0 saturated carbocycles. The third-order valence-electron chi connectivity index (χ3n) is 3.39. The summed E-state index contributed by atoms with van der Waals surface area (Å²) in [6, 6.07) is 13.6. The van der Waals surface area contributed by atoms with Crippen LogP contribution in [0.1, 0.15) is 5.56 Å². The van der Waals surface area contributed by atoms with Crippen molar-refractivity contribution in [2.45, 2.75) is 0 Å². The SMILES string of the molecule is COc1cc(/C=C/C(=O)Nc2cccc(OCC#N)c2)ccc1OCC(N)=O. The molecule has 0 aliphatic carbocycles. The fourth-order valence-electron chi connectivity index (χ4n) is 2.19. The van der Waals surface area contributed by atoms with Crippen LogP contribution in [0, 0.1) is 11.3 Å². The van der Waals surface area contributed by atoms with E-state index in [0.29, 0.717) is 28.5 Å². The molecule has 0 atom stereocenters. The standard InChI is InChI=1S/C20H19N3O5/c1-26-18-11-14(5-7-17(18)28-13-19(22)24)6-8-20(25)23-15-3-2-4-16(12-15)27-10-9-21/h2-8,11-12H,10,13H2,1H3,(H2,22,24)(H,23,25)/b8-6+. The second-order valence-electron chi connectivity index (χ2n) is 5.46. The summed E-state index contributed by atoms with van der Waals surface area (Å²) in [4.78, 5) is 22.9. The van der Waals surface area contributed by atoms with Gasteiger partial charge in [0.2, 0.25) is 5.91 Å². The largest absolute Gasteiger partial charge is 0.493 e. The maximum atomic E-state index is 12.1. The lowest BCUT2D eigenvalue weighted by atomic mass is 10.2. The van der Waals surface area contributed by atoms with Crippen LogP contribution in [0.4, 0.5) is 5.69 Å². The molecule has 0 aliphatic heterocycles. The predicted molar refractivity (Wildman–Crippen MR) is 103 cm³/mol. The Labute approximate surface area is 162 Å². The Morgan fingerprint density at radius 1 is 1.18 bits per heavy atom. The van der Waals surface area contributed by atoms with E-state index in [1.54, 1.807) is 48.5 Å². The number of carbonyl (C=O) groups is 2. The summed E-state index contributed by atoms with van der Waals surface area (Å²) >= 11 is 0. The van der Waals surface area contributed by atoms with Crippen LogP contribution in [0.5, 0.6) is 17.2 Å². The Morgan fingerprint density at radius 3 is 2.71 bits per heavy atom. The zero-order valence-corrected chi connectivity index (χ0v) is 15.2. The lowest BCUT2D eigenvalue weighted by molar-refractivity contribution is -0.120. The highest BCUT2D eigenvalue weighted by Gasteiger charge is 2.07. The molecule has 2 amide bonds. The van der Waals surface area contributed by atoms with Crippen molar-refractivity contribution < 1.29 is 23.8 Å². The van der Waals surface area contributed by atoms with Crippen LogP contribution in [0.15, 0.2) is 48.5 Å². The molecule has 2 aromatic carbocycles. The zero-order valence-electron chi connectivity index (χ0n) is 15.2. The number of rotatable bonds is 9. The van der Waals surface area contributed by atoms with Crippen molar-refractivity contribution >= 4 is 23.6 Å². The number of benzene rings is 2.